The third kappa shape index (κ3) is 78.2. The number of carbonyl (C=O) groups excluding carboxylic acids is 4. The maximum Gasteiger partial charge on any atom is 0.472 e. The number of hydrogen-bond acceptors (Lipinski definition) is 15. The summed E-state index contributed by atoms with van der Waals surface area (Å²) in [5.41, 5.74) is 0. The molecule has 0 aliphatic rings. The summed E-state index contributed by atoms with van der Waals surface area (Å²) in [5.74, 6) is 0.183. The lowest BCUT2D eigenvalue weighted by Crippen LogP contribution is -2.30. The van der Waals surface area contributed by atoms with Crippen LogP contribution in [0.4, 0.5) is 0 Å². The van der Waals surface area contributed by atoms with Gasteiger partial charge in [0.2, 0.25) is 0 Å². The molecular formula is C85H166O17P2. The molecule has 0 heterocycles. The molecular weight excluding hydrogens is 1350 g/mol. The molecule has 19 heteroatoms. The highest BCUT2D eigenvalue weighted by Crippen LogP contribution is 2.45. The molecule has 0 rings (SSSR count). The van der Waals surface area contributed by atoms with Crippen LogP contribution < -0.4 is 0 Å². The van der Waals surface area contributed by atoms with Crippen molar-refractivity contribution >= 4 is 39.5 Å². The van der Waals surface area contributed by atoms with Gasteiger partial charge in [-0.3, -0.25) is 37.3 Å². The number of aliphatic hydroxyl groups is 1. The fraction of sp³-hybridized carbons (Fsp3) is 0.953. The maximum absolute atomic E-state index is 13.1. The summed E-state index contributed by atoms with van der Waals surface area (Å²) in [5, 5.41) is 10.7. The van der Waals surface area contributed by atoms with Gasteiger partial charge in [0.1, 0.15) is 19.3 Å². The molecule has 2 unspecified atom stereocenters. The van der Waals surface area contributed by atoms with E-state index in [1.165, 1.54) is 257 Å². The smallest absolute Gasteiger partial charge is 0.462 e. The predicted octanol–water partition coefficient (Wildman–Crippen LogP) is 25.7. The van der Waals surface area contributed by atoms with Gasteiger partial charge in [0, 0.05) is 25.7 Å². The predicted molar refractivity (Wildman–Crippen MR) is 428 cm³/mol. The second-order valence-corrected chi connectivity index (χ2v) is 34.9. The zero-order valence-electron chi connectivity index (χ0n) is 68.5. The Hall–Kier alpha value is -1.94. The molecule has 0 fully saturated rings. The monoisotopic (exact) mass is 1520 g/mol. The molecule has 0 spiro atoms. The molecule has 3 N–H and O–H groups in total. The topological polar surface area (TPSA) is 237 Å². The average molecular weight is 1520 g/mol. The second kappa shape index (κ2) is 75.1. The number of phosphoric ester groups is 2. The fourth-order valence-electron chi connectivity index (χ4n) is 13.2. The Morgan fingerprint density at radius 3 is 0.654 bits per heavy atom. The second-order valence-electron chi connectivity index (χ2n) is 32.0. The molecule has 0 aromatic heterocycles. The van der Waals surface area contributed by atoms with E-state index in [4.69, 9.17) is 37.0 Å². The van der Waals surface area contributed by atoms with Crippen molar-refractivity contribution in [3.63, 3.8) is 0 Å². The SMILES string of the molecule is CCCCCCCCCCCCCCCCCCCCCCCCC(=O)O[C@H](COC(=O)CCCCCCCCCCCCCCCCC(C)C)COP(=O)(O)OC[C@@H](O)COP(=O)(O)OC[C@@H](COC(=O)CCCCCCCCCCC(C)C)OC(=O)CCCCCCCCCCCCCC(C)C. The van der Waals surface area contributed by atoms with Crippen molar-refractivity contribution in [2.45, 2.75) is 465 Å². The van der Waals surface area contributed by atoms with E-state index in [1.807, 2.05) is 0 Å². The van der Waals surface area contributed by atoms with Crippen LogP contribution in [-0.2, 0) is 65.4 Å². The molecule has 0 aliphatic heterocycles. The largest absolute Gasteiger partial charge is 0.472 e. The van der Waals surface area contributed by atoms with Crippen molar-refractivity contribution in [1.82, 2.24) is 0 Å². The van der Waals surface area contributed by atoms with Gasteiger partial charge in [0.05, 0.1) is 26.4 Å². The molecule has 0 saturated carbocycles. The Labute approximate surface area is 638 Å². The van der Waals surface area contributed by atoms with E-state index < -0.39 is 97.5 Å². The third-order valence-corrected chi connectivity index (χ3v) is 21.8. The standard InChI is InChI=1S/C85H166O17P2/c1-8-9-10-11-12-13-14-15-16-17-18-19-20-21-22-23-28-33-38-47-54-61-68-84(89)101-80(72-95-82(87)66-59-52-45-37-32-27-25-24-26-30-35-42-49-56-63-76(2)3)74-99-103(91,92)97-70-79(86)71-98-104(93,94)100-75-81(73-96-83(88)67-60-53-46-41-40-44-51-58-65-78(6)7)102-85(90)69-62-55-48-39-34-29-31-36-43-50-57-64-77(4)5/h76-81,86H,8-75H2,1-7H3,(H,91,92)(H,93,94)/t79-,80-,81-/m1/s1. The summed E-state index contributed by atoms with van der Waals surface area (Å²) in [7, 11) is -9.93. The summed E-state index contributed by atoms with van der Waals surface area (Å²) in [6, 6.07) is 0. The summed E-state index contributed by atoms with van der Waals surface area (Å²) >= 11 is 0. The molecule has 5 atom stereocenters. The van der Waals surface area contributed by atoms with Crippen LogP contribution in [0.2, 0.25) is 0 Å². The minimum atomic E-state index is -4.97. The molecule has 0 bridgehead atoms. The maximum atomic E-state index is 13.1. The Bertz CT molecular complexity index is 2010. The number of hydrogen-bond donors (Lipinski definition) is 3. The Balaban J connectivity index is 5.23. The van der Waals surface area contributed by atoms with Gasteiger partial charge >= 0.3 is 39.5 Å². The van der Waals surface area contributed by atoms with Gasteiger partial charge in [-0.2, -0.15) is 0 Å². The minimum absolute atomic E-state index is 0.106. The van der Waals surface area contributed by atoms with Crippen molar-refractivity contribution in [2.24, 2.45) is 17.8 Å². The Morgan fingerprint density at radius 2 is 0.442 bits per heavy atom. The van der Waals surface area contributed by atoms with Crippen LogP contribution in [0.3, 0.4) is 0 Å². The highest BCUT2D eigenvalue weighted by Gasteiger charge is 2.30. The first kappa shape index (κ1) is 102. The van der Waals surface area contributed by atoms with Crippen LogP contribution in [0.5, 0.6) is 0 Å². The number of aliphatic hydroxyl groups excluding tert-OH is 1. The molecule has 618 valence electrons. The van der Waals surface area contributed by atoms with Gasteiger partial charge in [-0.15, -0.1) is 0 Å². The zero-order valence-corrected chi connectivity index (χ0v) is 70.3. The van der Waals surface area contributed by atoms with Gasteiger partial charge < -0.3 is 33.8 Å². The van der Waals surface area contributed by atoms with E-state index in [1.54, 1.807) is 0 Å². The quantitative estimate of drug-likeness (QED) is 0.0222. The van der Waals surface area contributed by atoms with Crippen molar-refractivity contribution in [2.75, 3.05) is 39.6 Å². The van der Waals surface area contributed by atoms with Crippen LogP contribution in [0.15, 0.2) is 0 Å². The number of unbranched alkanes of at least 4 members (excludes halogenated alkanes) is 51. The van der Waals surface area contributed by atoms with Gasteiger partial charge in [-0.25, -0.2) is 9.13 Å². The van der Waals surface area contributed by atoms with Gasteiger partial charge in [-0.05, 0) is 43.4 Å². The Morgan fingerprint density at radius 1 is 0.260 bits per heavy atom. The van der Waals surface area contributed by atoms with Gasteiger partial charge in [-0.1, -0.05) is 395 Å². The Kier molecular flexibility index (Phi) is 73.7. The van der Waals surface area contributed by atoms with E-state index in [0.717, 1.165) is 108 Å². The van der Waals surface area contributed by atoms with Crippen LogP contribution in [0, 0.1) is 17.8 Å². The lowest BCUT2D eigenvalue weighted by atomic mass is 10.0. The normalized spacial score (nSPS) is 13.9. The molecule has 104 heavy (non-hydrogen) atoms. The number of phosphoric acid groups is 2. The number of esters is 4. The highest BCUT2D eigenvalue weighted by molar-refractivity contribution is 7.47. The zero-order chi connectivity index (χ0) is 76.5. The van der Waals surface area contributed by atoms with E-state index in [2.05, 4.69) is 48.5 Å². The van der Waals surface area contributed by atoms with Gasteiger partial charge in [0.25, 0.3) is 0 Å². The van der Waals surface area contributed by atoms with Crippen molar-refractivity contribution in [3.05, 3.63) is 0 Å². The first-order valence-corrected chi connectivity index (χ1v) is 46.8. The summed E-state index contributed by atoms with van der Waals surface area (Å²) in [6.45, 7) is 12.0. The molecule has 17 nitrogen and oxygen atoms in total. The van der Waals surface area contributed by atoms with E-state index in [-0.39, 0.29) is 25.7 Å². The van der Waals surface area contributed by atoms with E-state index in [9.17, 15) is 43.2 Å². The molecule has 0 saturated heterocycles. The first-order valence-electron chi connectivity index (χ1n) is 43.8. The minimum Gasteiger partial charge on any atom is -0.462 e. The molecule has 0 amide bonds. The molecule has 0 aromatic carbocycles. The summed E-state index contributed by atoms with van der Waals surface area (Å²) < 4.78 is 68.8. The van der Waals surface area contributed by atoms with Crippen LogP contribution >= 0.6 is 15.6 Å². The molecule has 0 radical (unpaired) electrons. The molecule has 0 aromatic rings. The molecule has 0 aliphatic carbocycles. The fourth-order valence-corrected chi connectivity index (χ4v) is 14.8. The number of carbonyl (C=O) groups is 4. The van der Waals surface area contributed by atoms with E-state index in [0.29, 0.717) is 25.7 Å². The van der Waals surface area contributed by atoms with Crippen molar-refractivity contribution < 1.29 is 80.2 Å². The number of rotatable bonds is 83. The summed E-state index contributed by atoms with van der Waals surface area (Å²) in [6.07, 6.45) is 65.4. The van der Waals surface area contributed by atoms with Crippen LogP contribution in [0.25, 0.3) is 0 Å². The summed E-state index contributed by atoms with van der Waals surface area (Å²) in [4.78, 5) is 73.2. The lowest BCUT2D eigenvalue weighted by Gasteiger charge is -2.21. The lowest BCUT2D eigenvalue weighted by molar-refractivity contribution is -0.161. The first-order chi connectivity index (χ1) is 50.2. The van der Waals surface area contributed by atoms with Gasteiger partial charge in [0.15, 0.2) is 12.2 Å². The highest BCUT2D eigenvalue weighted by atomic mass is 31.2. The number of ether oxygens (including phenoxy) is 4. The van der Waals surface area contributed by atoms with Crippen LogP contribution in [0.1, 0.15) is 447 Å². The van der Waals surface area contributed by atoms with Crippen LogP contribution in [-0.4, -0.2) is 96.7 Å². The van der Waals surface area contributed by atoms with E-state index >= 15 is 0 Å². The third-order valence-electron chi connectivity index (χ3n) is 19.9. The van der Waals surface area contributed by atoms with Crippen molar-refractivity contribution in [1.29, 1.82) is 0 Å². The van der Waals surface area contributed by atoms with Crippen molar-refractivity contribution in [3.8, 4) is 0 Å². The average Bonchev–Trinajstić information content (AvgIpc) is 0.906.